The van der Waals surface area contributed by atoms with E-state index in [1.807, 2.05) is 60.5 Å². The van der Waals surface area contributed by atoms with Crippen molar-refractivity contribution in [1.82, 2.24) is 14.5 Å². The monoisotopic (exact) mass is 422 g/mol. The maximum atomic E-state index is 5.30. The van der Waals surface area contributed by atoms with E-state index in [1.165, 1.54) is 0 Å². The molecule has 4 rings (SSSR count). The minimum atomic E-state index is -0.106. The lowest BCUT2D eigenvalue weighted by Crippen LogP contribution is -2.17. The van der Waals surface area contributed by atoms with Gasteiger partial charge >= 0.3 is 0 Å². The van der Waals surface area contributed by atoms with Crippen LogP contribution in [0.15, 0.2) is 71.6 Å². The Hall–Kier alpha value is -2.86. The first-order valence-corrected chi connectivity index (χ1v) is 9.37. The minimum absolute atomic E-state index is 0.106. The van der Waals surface area contributed by atoms with Gasteiger partial charge in [-0.2, -0.15) is 0 Å². The van der Waals surface area contributed by atoms with Crippen LogP contribution in [0.4, 0.5) is 5.69 Å². The van der Waals surface area contributed by atoms with Crippen LogP contribution in [0.3, 0.4) is 0 Å². The third-order valence-electron chi connectivity index (χ3n) is 4.57. The number of aryl methyl sites for hydroxylation is 1. The number of pyridine rings is 1. The normalized spacial score (nSPS) is 12.1. The molecule has 136 valence electrons. The number of aromatic nitrogens is 3. The highest BCUT2D eigenvalue weighted by Gasteiger charge is 2.19. The maximum absolute atomic E-state index is 5.30. The SMILES string of the molecule is COc1ccc(C(Nc2ccnc3cc(Br)ccc23)c2nccn2C)cc1. The number of nitrogens with zero attached hydrogens (tertiary/aromatic N) is 3. The van der Waals surface area contributed by atoms with Gasteiger partial charge in [-0.25, -0.2) is 4.98 Å². The zero-order valence-electron chi connectivity index (χ0n) is 15.1. The summed E-state index contributed by atoms with van der Waals surface area (Å²) in [7, 11) is 3.67. The molecule has 27 heavy (non-hydrogen) atoms. The second kappa shape index (κ2) is 7.40. The van der Waals surface area contributed by atoms with E-state index in [9.17, 15) is 0 Å². The average Bonchev–Trinajstić information content (AvgIpc) is 3.11. The molecule has 0 saturated carbocycles. The van der Waals surface area contributed by atoms with Crippen molar-refractivity contribution in [2.75, 3.05) is 12.4 Å². The zero-order chi connectivity index (χ0) is 18.8. The molecule has 0 radical (unpaired) electrons. The number of fused-ring (bicyclic) bond motifs is 1. The number of ether oxygens (including phenoxy) is 1. The summed E-state index contributed by atoms with van der Waals surface area (Å²) >= 11 is 3.51. The first kappa shape index (κ1) is 17.5. The van der Waals surface area contributed by atoms with Gasteiger partial charge in [0.15, 0.2) is 0 Å². The van der Waals surface area contributed by atoms with Crippen molar-refractivity contribution in [3.8, 4) is 5.75 Å². The number of halogens is 1. The van der Waals surface area contributed by atoms with E-state index in [0.717, 1.165) is 38.2 Å². The summed E-state index contributed by atoms with van der Waals surface area (Å²) in [5, 5.41) is 4.72. The van der Waals surface area contributed by atoms with Crippen molar-refractivity contribution < 1.29 is 4.74 Å². The molecule has 0 amide bonds. The van der Waals surface area contributed by atoms with Gasteiger partial charge in [-0.15, -0.1) is 0 Å². The van der Waals surface area contributed by atoms with Gasteiger partial charge in [-0.05, 0) is 42.0 Å². The third kappa shape index (κ3) is 3.53. The molecule has 5 nitrogen and oxygen atoms in total. The summed E-state index contributed by atoms with van der Waals surface area (Å²) < 4.78 is 8.34. The lowest BCUT2D eigenvalue weighted by molar-refractivity contribution is 0.414. The molecule has 0 saturated heterocycles. The quantitative estimate of drug-likeness (QED) is 0.494. The van der Waals surface area contributed by atoms with Crippen LogP contribution in [-0.2, 0) is 7.05 Å². The first-order chi connectivity index (χ1) is 13.2. The lowest BCUT2D eigenvalue weighted by Gasteiger charge is -2.21. The molecule has 1 unspecified atom stereocenters. The maximum Gasteiger partial charge on any atom is 0.135 e. The standard InChI is InChI=1S/C21H19BrN4O/c1-26-12-11-24-21(26)20(14-3-6-16(27-2)7-4-14)25-18-9-10-23-19-13-15(22)5-8-17(18)19/h3-13,20H,1-2H3,(H,23,25). The number of nitrogens with one attached hydrogen (secondary N) is 1. The van der Waals surface area contributed by atoms with Crippen molar-refractivity contribution in [2.45, 2.75) is 6.04 Å². The van der Waals surface area contributed by atoms with E-state index < -0.39 is 0 Å². The van der Waals surface area contributed by atoms with Crippen LogP contribution in [0.1, 0.15) is 17.4 Å². The smallest absolute Gasteiger partial charge is 0.135 e. The van der Waals surface area contributed by atoms with E-state index in [1.54, 1.807) is 7.11 Å². The van der Waals surface area contributed by atoms with Crippen molar-refractivity contribution in [3.63, 3.8) is 0 Å². The molecule has 0 spiro atoms. The van der Waals surface area contributed by atoms with Crippen LogP contribution >= 0.6 is 15.9 Å². The Labute approximate surface area is 166 Å². The largest absolute Gasteiger partial charge is 0.497 e. The molecule has 4 aromatic rings. The van der Waals surface area contributed by atoms with Gasteiger partial charge < -0.3 is 14.6 Å². The van der Waals surface area contributed by atoms with E-state index in [2.05, 4.69) is 49.4 Å². The second-order valence-electron chi connectivity index (χ2n) is 6.27. The van der Waals surface area contributed by atoms with Gasteiger partial charge in [0.25, 0.3) is 0 Å². The fourth-order valence-corrected chi connectivity index (χ4v) is 3.50. The molecular weight excluding hydrogens is 404 g/mol. The summed E-state index contributed by atoms with van der Waals surface area (Å²) in [4.78, 5) is 9.05. The van der Waals surface area contributed by atoms with Crippen molar-refractivity contribution in [2.24, 2.45) is 7.05 Å². The summed E-state index contributed by atoms with van der Waals surface area (Å²) in [6, 6.07) is 16.1. The fourth-order valence-electron chi connectivity index (χ4n) is 3.15. The average molecular weight is 423 g/mol. The predicted molar refractivity (Wildman–Crippen MR) is 111 cm³/mol. The highest BCUT2D eigenvalue weighted by atomic mass is 79.9. The minimum Gasteiger partial charge on any atom is -0.497 e. The molecule has 0 bridgehead atoms. The van der Waals surface area contributed by atoms with Gasteiger partial charge in [0, 0.05) is 41.2 Å². The molecule has 0 aliphatic heterocycles. The Morgan fingerprint density at radius 3 is 2.56 bits per heavy atom. The number of methoxy groups -OCH3 is 1. The van der Waals surface area contributed by atoms with Crippen LogP contribution in [-0.4, -0.2) is 21.6 Å². The molecule has 6 heteroatoms. The number of rotatable bonds is 5. The number of hydrogen-bond acceptors (Lipinski definition) is 4. The van der Waals surface area contributed by atoms with E-state index in [4.69, 9.17) is 4.74 Å². The molecule has 2 aromatic heterocycles. The summed E-state index contributed by atoms with van der Waals surface area (Å²) in [5.41, 5.74) is 3.05. The Kier molecular flexibility index (Phi) is 4.81. The van der Waals surface area contributed by atoms with E-state index in [-0.39, 0.29) is 6.04 Å². The molecule has 2 aromatic carbocycles. The summed E-state index contributed by atoms with van der Waals surface area (Å²) in [6.07, 6.45) is 5.59. The number of imidazole rings is 1. The second-order valence-corrected chi connectivity index (χ2v) is 7.18. The molecule has 0 fully saturated rings. The van der Waals surface area contributed by atoms with E-state index in [0.29, 0.717) is 0 Å². The molecular formula is C21H19BrN4O. The molecule has 1 N–H and O–H groups in total. The number of anilines is 1. The van der Waals surface area contributed by atoms with E-state index >= 15 is 0 Å². The topological polar surface area (TPSA) is 52.0 Å². The van der Waals surface area contributed by atoms with Crippen LogP contribution < -0.4 is 10.1 Å². The fraction of sp³-hybridized carbons (Fsp3) is 0.143. The molecule has 2 heterocycles. The third-order valence-corrected chi connectivity index (χ3v) is 5.06. The van der Waals surface area contributed by atoms with Gasteiger partial charge in [0.05, 0.1) is 12.6 Å². The molecule has 0 aliphatic rings. The Balaban J connectivity index is 1.79. The van der Waals surface area contributed by atoms with Crippen molar-refractivity contribution >= 4 is 32.5 Å². The van der Waals surface area contributed by atoms with Crippen LogP contribution in [0, 0.1) is 0 Å². The van der Waals surface area contributed by atoms with Crippen LogP contribution in [0.25, 0.3) is 10.9 Å². The highest BCUT2D eigenvalue weighted by molar-refractivity contribution is 9.10. The first-order valence-electron chi connectivity index (χ1n) is 8.57. The Bertz CT molecular complexity index is 1080. The summed E-state index contributed by atoms with van der Waals surface area (Å²) in [6.45, 7) is 0. The Morgan fingerprint density at radius 2 is 1.85 bits per heavy atom. The Morgan fingerprint density at radius 1 is 1.04 bits per heavy atom. The molecule has 1 atom stereocenters. The lowest BCUT2D eigenvalue weighted by atomic mass is 10.0. The van der Waals surface area contributed by atoms with Crippen molar-refractivity contribution in [1.29, 1.82) is 0 Å². The van der Waals surface area contributed by atoms with Gasteiger partial charge in [-0.3, -0.25) is 4.98 Å². The predicted octanol–water partition coefficient (Wildman–Crippen LogP) is 4.94. The van der Waals surface area contributed by atoms with Gasteiger partial charge in [0.1, 0.15) is 17.6 Å². The molecule has 0 aliphatic carbocycles. The number of hydrogen-bond donors (Lipinski definition) is 1. The van der Waals surface area contributed by atoms with Gasteiger partial charge in [-0.1, -0.05) is 28.1 Å². The van der Waals surface area contributed by atoms with Crippen LogP contribution in [0.2, 0.25) is 0 Å². The summed E-state index contributed by atoms with van der Waals surface area (Å²) in [5.74, 6) is 1.76. The van der Waals surface area contributed by atoms with Gasteiger partial charge in [0.2, 0.25) is 0 Å². The highest BCUT2D eigenvalue weighted by Crippen LogP contribution is 2.31. The number of benzene rings is 2. The zero-order valence-corrected chi connectivity index (χ0v) is 16.6. The van der Waals surface area contributed by atoms with Crippen LogP contribution in [0.5, 0.6) is 5.75 Å². The van der Waals surface area contributed by atoms with Crippen molar-refractivity contribution in [3.05, 3.63) is 83.0 Å².